The molecule has 0 unspecified atom stereocenters. The summed E-state index contributed by atoms with van der Waals surface area (Å²) in [6, 6.07) is 3.53. The maximum atomic E-state index is 12.7. The van der Waals surface area contributed by atoms with Gasteiger partial charge >= 0.3 is 0 Å². The Kier molecular flexibility index (Phi) is 3.64. The zero-order chi connectivity index (χ0) is 16.5. The number of pyridine rings is 1. The number of aromatic nitrogens is 6. The topological polar surface area (TPSA) is 89.2 Å². The first kappa shape index (κ1) is 14.7. The lowest BCUT2D eigenvalue weighted by Crippen LogP contribution is -2.38. The van der Waals surface area contributed by atoms with Crippen LogP contribution in [0.15, 0.2) is 30.9 Å². The van der Waals surface area contributed by atoms with Gasteiger partial charge in [-0.2, -0.15) is 4.52 Å². The third-order valence-corrected chi connectivity index (χ3v) is 4.54. The fraction of sp³-hybridized carbons (Fsp3) is 0.375. The highest BCUT2D eigenvalue weighted by molar-refractivity contribution is 5.94. The van der Waals surface area contributed by atoms with E-state index < -0.39 is 0 Å². The Hall–Kier alpha value is -2.90. The van der Waals surface area contributed by atoms with E-state index >= 15 is 0 Å². The van der Waals surface area contributed by atoms with Crippen molar-refractivity contribution in [1.82, 2.24) is 34.9 Å². The molecule has 0 bridgehead atoms. The average Bonchev–Trinajstić information content (AvgIpc) is 3.09. The SMILES string of the molecule is Cc1cncnc1C1CCN(C(=O)c2ccc3nnnn3c2)CC1. The number of hydrogen-bond acceptors (Lipinski definition) is 6. The van der Waals surface area contributed by atoms with E-state index in [1.165, 1.54) is 4.52 Å². The molecule has 1 amide bonds. The minimum atomic E-state index is 0.0188. The monoisotopic (exact) mass is 323 g/mol. The number of tetrazole rings is 1. The van der Waals surface area contributed by atoms with Gasteiger partial charge in [0.15, 0.2) is 5.65 Å². The second kappa shape index (κ2) is 5.95. The van der Waals surface area contributed by atoms with E-state index in [9.17, 15) is 4.79 Å². The van der Waals surface area contributed by atoms with Crippen molar-refractivity contribution in [3.05, 3.63) is 47.7 Å². The highest BCUT2D eigenvalue weighted by Gasteiger charge is 2.26. The van der Waals surface area contributed by atoms with Crippen LogP contribution in [0.1, 0.15) is 40.4 Å². The van der Waals surface area contributed by atoms with Crippen LogP contribution < -0.4 is 0 Å². The van der Waals surface area contributed by atoms with Crippen molar-refractivity contribution in [1.29, 1.82) is 0 Å². The average molecular weight is 323 g/mol. The van der Waals surface area contributed by atoms with Crippen LogP contribution in [0.25, 0.3) is 5.65 Å². The van der Waals surface area contributed by atoms with Crippen molar-refractivity contribution in [3.63, 3.8) is 0 Å². The Morgan fingerprint density at radius 3 is 2.88 bits per heavy atom. The Morgan fingerprint density at radius 1 is 1.25 bits per heavy atom. The van der Waals surface area contributed by atoms with Crippen molar-refractivity contribution in [2.24, 2.45) is 0 Å². The van der Waals surface area contributed by atoms with Crippen molar-refractivity contribution in [2.45, 2.75) is 25.7 Å². The predicted molar refractivity (Wildman–Crippen MR) is 85.4 cm³/mol. The summed E-state index contributed by atoms with van der Waals surface area (Å²) in [5.74, 6) is 0.407. The quantitative estimate of drug-likeness (QED) is 0.705. The van der Waals surface area contributed by atoms with Gasteiger partial charge in [0.1, 0.15) is 6.33 Å². The molecule has 0 aromatic carbocycles. The molecule has 8 nitrogen and oxygen atoms in total. The molecule has 1 aliphatic heterocycles. The van der Waals surface area contributed by atoms with Gasteiger partial charge in [-0.15, -0.1) is 5.10 Å². The fourth-order valence-electron chi connectivity index (χ4n) is 3.24. The molecule has 0 N–H and O–H groups in total. The lowest BCUT2D eigenvalue weighted by molar-refractivity contribution is 0.0711. The van der Waals surface area contributed by atoms with Crippen LogP contribution in [0, 0.1) is 6.92 Å². The molecule has 3 aromatic rings. The molecule has 122 valence electrons. The number of hydrogen-bond donors (Lipinski definition) is 0. The van der Waals surface area contributed by atoms with Gasteiger partial charge in [-0.05, 0) is 47.9 Å². The number of aryl methyl sites for hydroxylation is 1. The van der Waals surface area contributed by atoms with Gasteiger partial charge in [0.05, 0.1) is 5.56 Å². The van der Waals surface area contributed by atoms with E-state index in [0.717, 1.165) is 37.2 Å². The third kappa shape index (κ3) is 2.60. The van der Waals surface area contributed by atoms with Crippen LogP contribution in [0.5, 0.6) is 0 Å². The zero-order valence-corrected chi connectivity index (χ0v) is 13.3. The standard InChI is InChI=1S/C16H17N7O/c1-11-8-17-10-18-15(11)12-4-6-22(7-5-12)16(24)13-2-3-14-19-20-21-23(14)9-13/h2-3,8-10,12H,4-7H2,1H3. The smallest absolute Gasteiger partial charge is 0.255 e. The molecule has 1 saturated heterocycles. The van der Waals surface area contributed by atoms with Gasteiger partial charge < -0.3 is 4.90 Å². The van der Waals surface area contributed by atoms with Crippen molar-refractivity contribution >= 4 is 11.6 Å². The number of piperidine rings is 1. The third-order valence-electron chi connectivity index (χ3n) is 4.54. The minimum Gasteiger partial charge on any atom is -0.339 e. The minimum absolute atomic E-state index is 0.0188. The maximum Gasteiger partial charge on any atom is 0.255 e. The fourth-order valence-corrected chi connectivity index (χ4v) is 3.24. The number of rotatable bonds is 2. The maximum absolute atomic E-state index is 12.7. The predicted octanol–water partition coefficient (Wildman–Crippen LogP) is 1.24. The molecule has 0 radical (unpaired) electrons. The number of carbonyl (C=O) groups is 1. The summed E-state index contributed by atoms with van der Waals surface area (Å²) in [4.78, 5) is 23.0. The molecule has 4 heterocycles. The lowest BCUT2D eigenvalue weighted by atomic mass is 9.91. The van der Waals surface area contributed by atoms with E-state index in [1.54, 1.807) is 24.7 Å². The van der Waals surface area contributed by atoms with Gasteiger partial charge in [0.25, 0.3) is 5.91 Å². The summed E-state index contributed by atoms with van der Waals surface area (Å²) < 4.78 is 1.52. The van der Waals surface area contributed by atoms with Crippen LogP contribution in [-0.4, -0.2) is 53.9 Å². The summed E-state index contributed by atoms with van der Waals surface area (Å²) in [5.41, 5.74) is 3.45. The normalized spacial score (nSPS) is 15.8. The Balaban J connectivity index is 1.47. The molecule has 1 fully saturated rings. The van der Waals surface area contributed by atoms with Crippen molar-refractivity contribution in [2.75, 3.05) is 13.1 Å². The van der Waals surface area contributed by atoms with Crippen LogP contribution in [0.4, 0.5) is 0 Å². The van der Waals surface area contributed by atoms with Crippen LogP contribution in [0.2, 0.25) is 0 Å². The molecule has 0 aliphatic carbocycles. The Bertz CT molecular complexity index is 883. The number of fused-ring (bicyclic) bond motifs is 1. The summed E-state index contributed by atoms with van der Waals surface area (Å²) >= 11 is 0. The summed E-state index contributed by atoms with van der Waals surface area (Å²) in [5, 5.41) is 11.3. The number of likely N-dealkylation sites (tertiary alicyclic amines) is 1. The van der Waals surface area contributed by atoms with E-state index in [-0.39, 0.29) is 5.91 Å². The molecule has 1 aliphatic rings. The first-order valence-corrected chi connectivity index (χ1v) is 7.96. The zero-order valence-electron chi connectivity index (χ0n) is 13.3. The highest BCUT2D eigenvalue weighted by Crippen LogP contribution is 2.28. The molecule has 24 heavy (non-hydrogen) atoms. The molecule has 0 atom stereocenters. The van der Waals surface area contributed by atoms with Gasteiger partial charge in [-0.1, -0.05) is 0 Å². The highest BCUT2D eigenvalue weighted by atomic mass is 16.2. The Morgan fingerprint density at radius 2 is 2.08 bits per heavy atom. The van der Waals surface area contributed by atoms with Gasteiger partial charge in [-0.3, -0.25) is 4.79 Å². The first-order valence-electron chi connectivity index (χ1n) is 7.96. The Labute approximate surface area is 138 Å². The van der Waals surface area contributed by atoms with Crippen LogP contribution >= 0.6 is 0 Å². The van der Waals surface area contributed by atoms with E-state index in [2.05, 4.69) is 25.5 Å². The van der Waals surface area contributed by atoms with Crippen molar-refractivity contribution < 1.29 is 4.79 Å². The molecule has 4 rings (SSSR count). The first-order chi connectivity index (χ1) is 11.7. The second-order valence-corrected chi connectivity index (χ2v) is 6.06. The summed E-state index contributed by atoms with van der Waals surface area (Å²) in [7, 11) is 0. The summed E-state index contributed by atoms with van der Waals surface area (Å²) in [6.07, 6.45) is 6.95. The molecule has 3 aromatic heterocycles. The van der Waals surface area contributed by atoms with E-state index in [4.69, 9.17) is 0 Å². The van der Waals surface area contributed by atoms with Gasteiger partial charge in [0.2, 0.25) is 0 Å². The number of carbonyl (C=O) groups excluding carboxylic acids is 1. The second-order valence-electron chi connectivity index (χ2n) is 6.06. The van der Waals surface area contributed by atoms with Gasteiger partial charge in [-0.25, -0.2) is 9.97 Å². The summed E-state index contributed by atoms with van der Waals surface area (Å²) in [6.45, 7) is 3.48. The van der Waals surface area contributed by atoms with E-state index in [0.29, 0.717) is 17.1 Å². The molecule has 0 spiro atoms. The molecular weight excluding hydrogens is 306 g/mol. The van der Waals surface area contributed by atoms with Crippen LogP contribution in [-0.2, 0) is 0 Å². The lowest BCUT2D eigenvalue weighted by Gasteiger charge is -2.32. The molecular formula is C16H17N7O. The molecule has 0 saturated carbocycles. The van der Waals surface area contributed by atoms with Crippen molar-refractivity contribution in [3.8, 4) is 0 Å². The number of nitrogens with zero attached hydrogens (tertiary/aromatic N) is 7. The molecule has 8 heteroatoms. The van der Waals surface area contributed by atoms with Crippen LogP contribution in [0.3, 0.4) is 0 Å². The van der Waals surface area contributed by atoms with Gasteiger partial charge in [0, 0.05) is 37.1 Å². The van der Waals surface area contributed by atoms with E-state index in [1.807, 2.05) is 18.0 Å². The number of amides is 1. The largest absolute Gasteiger partial charge is 0.339 e.